The first-order valence-corrected chi connectivity index (χ1v) is 9.75. The lowest BCUT2D eigenvalue weighted by Gasteiger charge is -2.14. The number of aromatic nitrogens is 2. The van der Waals surface area contributed by atoms with Gasteiger partial charge < -0.3 is 9.88 Å². The summed E-state index contributed by atoms with van der Waals surface area (Å²) >= 11 is 7.02. The van der Waals surface area contributed by atoms with Gasteiger partial charge in [0.05, 0.1) is 32.4 Å². The number of nitrogens with zero attached hydrogens (tertiary/aromatic N) is 3. The highest BCUT2D eigenvalue weighted by molar-refractivity contribution is 7.18. The number of anilines is 1. The maximum Gasteiger partial charge on any atom is 0.265 e. The van der Waals surface area contributed by atoms with Gasteiger partial charge in [0.15, 0.2) is 0 Å². The molecule has 0 radical (unpaired) electrons. The summed E-state index contributed by atoms with van der Waals surface area (Å²) in [6, 6.07) is 8.11. The molecular weight excluding hydrogens is 400 g/mol. The van der Waals surface area contributed by atoms with Gasteiger partial charge in [-0.25, -0.2) is 4.98 Å². The summed E-state index contributed by atoms with van der Waals surface area (Å²) in [5.74, 6) is -1.12. The molecule has 1 N–H and O–H groups in total. The number of imidazole rings is 1. The normalized spacial score (nSPS) is 13.1. The SMILES string of the molecule is O=C(Nc1cccc2c1C(=O)N(CCCn1ccnc1)C2=O)c1ccc(Cl)s1. The summed E-state index contributed by atoms with van der Waals surface area (Å²) in [6.45, 7) is 0.939. The van der Waals surface area contributed by atoms with Crippen LogP contribution in [0.25, 0.3) is 0 Å². The maximum atomic E-state index is 12.9. The predicted molar refractivity (Wildman–Crippen MR) is 106 cm³/mol. The second kappa shape index (κ2) is 7.57. The first kappa shape index (κ1) is 18.4. The standard InChI is InChI=1S/C19H15ClN4O3S/c20-15-6-5-14(28-15)17(25)22-13-4-1-3-12-16(13)19(27)24(18(12)26)9-2-8-23-10-7-21-11-23/h1,3-7,10-11H,2,8-9H2,(H,22,25). The molecule has 2 aromatic heterocycles. The van der Waals surface area contributed by atoms with E-state index in [1.807, 2.05) is 10.8 Å². The molecule has 28 heavy (non-hydrogen) atoms. The molecule has 0 fully saturated rings. The van der Waals surface area contributed by atoms with Crippen molar-refractivity contribution in [3.05, 3.63) is 69.4 Å². The Labute approximate surface area is 169 Å². The largest absolute Gasteiger partial charge is 0.337 e. The van der Waals surface area contributed by atoms with Crippen LogP contribution in [-0.4, -0.2) is 38.7 Å². The van der Waals surface area contributed by atoms with Gasteiger partial charge in [0, 0.05) is 25.5 Å². The van der Waals surface area contributed by atoms with Crippen molar-refractivity contribution in [1.29, 1.82) is 0 Å². The molecule has 3 aromatic rings. The van der Waals surface area contributed by atoms with E-state index in [1.165, 1.54) is 4.90 Å². The highest BCUT2D eigenvalue weighted by Gasteiger charge is 2.37. The second-order valence-electron chi connectivity index (χ2n) is 6.20. The number of hydrogen-bond donors (Lipinski definition) is 1. The molecule has 0 bridgehead atoms. The molecule has 0 atom stereocenters. The monoisotopic (exact) mass is 414 g/mol. The number of rotatable bonds is 6. The minimum Gasteiger partial charge on any atom is -0.337 e. The molecule has 0 saturated heterocycles. The quantitative estimate of drug-likeness (QED) is 0.625. The fourth-order valence-electron chi connectivity index (χ4n) is 3.09. The molecule has 4 rings (SSSR count). The second-order valence-corrected chi connectivity index (χ2v) is 7.92. The van der Waals surface area contributed by atoms with Crippen LogP contribution in [0.3, 0.4) is 0 Å². The fraction of sp³-hybridized carbons (Fsp3) is 0.158. The summed E-state index contributed by atoms with van der Waals surface area (Å²) in [6.07, 6.45) is 5.80. The average Bonchev–Trinajstić information content (AvgIpc) is 3.40. The third-order valence-electron chi connectivity index (χ3n) is 4.40. The van der Waals surface area contributed by atoms with Gasteiger partial charge in [-0.15, -0.1) is 11.3 Å². The Morgan fingerprint density at radius 2 is 2.00 bits per heavy atom. The van der Waals surface area contributed by atoms with Crippen molar-refractivity contribution in [2.75, 3.05) is 11.9 Å². The summed E-state index contributed by atoms with van der Waals surface area (Å²) < 4.78 is 2.38. The molecule has 142 valence electrons. The van der Waals surface area contributed by atoms with E-state index < -0.39 is 5.91 Å². The third-order valence-corrected chi connectivity index (χ3v) is 5.63. The van der Waals surface area contributed by atoms with Crippen molar-refractivity contribution in [3.8, 4) is 0 Å². The molecule has 3 amide bonds. The van der Waals surface area contributed by atoms with Gasteiger partial charge in [0.1, 0.15) is 0 Å². The molecule has 1 aliphatic rings. The molecule has 9 heteroatoms. The molecule has 0 saturated carbocycles. The van der Waals surface area contributed by atoms with Crippen molar-refractivity contribution in [3.63, 3.8) is 0 Å². The van der Waals surface area contributed by atoms with Gasteiger partial charge in [0.2, 0.25) is 0 Å². The summed E-state index contributed by atoms with van der Waals surface area (Å²) in [7, 11) is 0. The van der Waals surface area contributed by atoms with E-state index in [9.17, 15) is 14.4 Å². The van der Waals surface area contributed by atoms with Gasteiger partial charge in [-0.1, -0.05) is 17.7 Å². The fourth-order valence-corrected chi connectivity index (χ4v) is 4.03. The van der Waals surface area contributed by atoms with Crippen molar-refractivity contribution < 1.29 is 14.4 Å². The first-order valence-electron chi connectivity index (χ1n) is 8.56. The minimum atomic E-state index is -0.397. The van der Waals surface area contributed by atoms with Crippen LogP contribution in [0, 0.1) is 0 Å². The van der Waals surface area contributed by atoms with Crippen molar-refractivity contribution in [1.82, 2.24) is 14.5 Å². The van der Waals surface area contributed by atoms with Crippen molar-refractivity contribution in [2.24, 2.45) is 0 Å². The van der Waals surface area contributed by atoms with Crippen molar-refractivity contribution in [2.45, 2.75) is 13.0 Å². The number of hydrogen-bond acceptors (Lipinski definition) is 5. The molecule has 0 spiro atoms. The molecule has 1 aromatic carbocycles. The van der Waals surface area contributed by atoms with E-state index in [0.717, 1.165) is 11.3 Å². The lowest BCUT2D eigenvalue weighted by molar-refractivity contribution is 0.0651. The number of carbonyl (C=O) groups excluding carboxylic acids is 3. The van der Waals surface area contributed by atoms with Crippen LogP contribution in [0.15, 0.2) is 49.1 Å². The van der Waals surface area contributed by atoms with E-state index in [2.05, 4.69) is 10.3 Å². The Bertz CT molecular complexity index is 1060. The zero-order valence-electron chi connectivity index (χ0n) is 14.6. The third kappa shape index (κ3) is 3.44. The summed E-state index contributed by atoms with van der Waals surface area (Å²) in [4.78, 5) is 43.6. The number of fused-ring (bicyclic) bond motifs is 1. The number of imide groups is 1. The Kier molecular flexibility index (Phi) is 4.97. The van der Waals surface area contributed by atoms with Gasteiger partial charge >= 0.3 is 0 Å². The molecular formula is C19H15ClN4O3S. The lowest BCUT2D eigenvalue weighted by atomic mass is 10.1. The maximum absolute atomic E-state index is 12.9. The Balaban J connectivity index is 1.51. The van der Waals surface area contributed by atoms with E-state index in [1.54, 1.807) is 42.9 Å². The van der Waals surface area contributed by atoms with E-state index in [0.29, 0.717) is 40.0 Å². The highest BCUT2D eigenvalue weighted by Crippen LogP contribution is 2.30. The number of halogens is 1. The molecule has 0 aliphatic carbocycles. The van der Waals surface area contributed by atoms with Gasteiger partial charge in [-0.05, 0) is 30.7 Å². The van der Waals surface area contributed by atoms with Crippen LogP contribution >= 0.6 is 22.9 Å². The molecule has 7 nitrogen and oxygen atoms in total. The van der Waals surface area contributed by atoms with Crippen LogP contribution < -0.4 is 5.32 Å². The number of carbonyl (C=O) groups is 3. The van der Waals surface area contributed by atoms with Crippen LogP contribution in [0.4, 0.5) is 5.69 Å². The number of amides is 3. The summed E-state index contributed by atoms with van der Waals surface area (Å²) in [5.41, 5.74) is 0.850. The number of nitrogens with one attached hydrogen (secondary N) is 1. The lowest BCUT2D eigenvalue weighted by Crippen LogP contribution is -2.31. The van der Waals surface area contributed by atoms with Crippen molar-refractivity contribution >= 4 is 46.3 Å². The molecule has 0 unspecified atom stereocenters. The zero-order chi connectivity index (χ0) is 19.7. The van der Waals surface area contributed by atoms with E-state index in [4.69, 9.17) is 11.6 Å². The average molecular weight is 415 g/mol. The Morgan fingerprint density at radius 1 is 1.14 bits per heavy atom. The molecule has 1 aliphatic heterocycles. The minimum absolute atomic E-state index is 0.228. The number of aryl methyl sites for hydroxylation is 1. The van der Waals surface area contributed by atoms with Crippen LogP contribution in [-0.2, 0) is 6.54 Å². The van der Waals surface area contributed by atoms with Gasteiger partial charge in [-0.2, -0.15) is 0 Å². The first-order chi connectivity index (χ1) is 13.5. The number of thiophene rings is 1. The predicted octanol–water partition coefficient (Wildman–Crippen LogP) is 3.54. The smallest absolute Gasteiger partial charge is 0.265 e. The molecule has 3 heterocycles. The van der Waals surface area contributed by atoms with E-state index >= 15 is 0 Å². The van der Waals surface area contributed by atoms with Crippen LogP contribution in [0.5, 0.6) is 0 Å². The highest BCUT2D eigenvalue weighted by atomic mass is 35.5. The Morgan fingerprint density at radius 3 is 2.71 bits per heavy atom. The van der Waals surface area contributed by atoms with E-state index in [-0.39, 0.29) is 17.4 Å². The topological polar surface area (TPSA) is 84.3 Å². The zero-order valence-corrected chi connectivity index (χ0v) is 16.2. The van der Waals surface area contributed by atoms with Gasteiger partial charge in [0.25, 0.3) is 17.7 Å². The van der Waals surface area contributed by atoms with Gasteiger partial charge in [-0.3, -0.25) is 19.3 Å². The van der Waals surface area contributed by atoms with Crippen LogP contribution in [0.2, 0.25) is 4.34 Å². The Hall–Kier alpha value is -2.97. The number of benzene rings is 1. The summed E-state index contributed by atoms with van der Waals surface area (Å²) in [5, 5.41) is 2.72. The van der Waals surface area contributed by atoms with Crippen LogP contribution in [0.1, 0.15) is 36.8 Å².